The highest BCUT2D eigenvalue weighted by Gasteiger charge is 2.12. The Kier molecular flexibility index (Phi) is 3.91. The van der Waals surface area contributed by atoms with Gasteiger partial charge < -0.3 is 5.32 Å². The Bertz CT molecular complexity index is 513. The minimum Gasteiger partial charge on any atom is -0.345 e. The minimum atomic E-state index is -0.111. The van der Waals surface area contributed by atoms with Crippen LogP contribution in [0.15, 0.2) is 40.4 Å². The number of hydrogen-bond donors (Lipinski definition) is 1. The number of carbonyl (C=O) groups excluding carboxylic acids is 1. The molecular weight excluding hydrogens is 300 g/mol. The smallest absolute Gasteiger partial charge is 0.253 e. The van der Waals surface area contributed by atoms with Crippen molar-refractivity contribution >= 4 is 33.2 Å². The van der Waals surface area contributed by atoms with Gasteiger partial charge >= 0.3 is 0 Å². The van der Waals surface area contributed by atoms with E-state index in [4.69, 9.17) is 0 Å². The standard InChI is InChI=1S/C12H11BrN2OS/c1-8(11-3-2-4-17-11)15-12(16)9-5-10(13)7-14-6-9/h2-8H,1H3,(H,15,16)/t8-/m0/s1. The average Bonchev–Trinajstić information content (AvgIpc) is 2.82. The monoisotopic (exact) mass is 310 g/mol. The SMILES string of the molecule is C[C@H](NC(=O)c1cncc(Br)c1)c1cccs1. The maximum atomic E-state index is 11.9. The Morgan fingerprint density at radius 2 is 2.35 bits per heavy atom. The molecule has 1 atom stereocenters. The van der Waals surface area contributed by atoms with Gasteiger partial charge in [-0.2, -0.15) is 0 Å². The van der Waals surface area contributed by atoms with Crippen LogP contribution in [0.2, 0.25) is 0 Å². The zero-order chi connectivity index (χ0) is 12.3. The first kappa shape index (κ1) is 12.3. The molecule has 1 amide bonds. The quantitative estimate of drug-likeness (QED) is 0.944. The third kappa shape index (κ3) is 3.14. The molecule has 0 aliphatic heterocycles. The molecule has 5 heteroatoms. The molecule has 2 rings (SSSR count). The second-order valence-corrected chi connectivity index (χ2v) is 5.50. The summed E-state index contributed by atoms with van der Waals surface area (Å²) in [6, 6.07) is 5.75. The lowest BCUT2D eigenvalue weighted by Gasteiger charge is -2.11. The lowest BCUT2D eigenvalue weighted by molar-refractivity contribution is 0.0940. The lowest BCUT2D eigenvalue weighted by atomic mass is 10.2. The predicted octanol–water partition coefficient (Wildman–Crippen LogP) is 3.40. The van der Waals surface area contributed by atoms with E-state index in [1.165, 1.54) is 0 Å². The fraction of sp³-hybridized carbons (Fsp3) is 0.167. The molecule has 0 saturated carbocycles. The van der Waals surface area contributed by atoms with E-state index in [1.54, 1.807) is 29.8 Å². The van der Waals surface area contributed by atoms with Crippen molar-refractivity contribution in [3.8, 4) is 0 Å². The van der Waals surface area contributed by atoms with E-state index >= 15 is 0 Å². The van der Waals surface area contributed by atoms with Crippen LogP contribution in [0.1, 0.15) is 28.2 Å². The van der Waals surface area contributed by atoms with E-state index in [0.717, 1.165) is 9.35 Å². The van der Waals surface area contributed by atoms with E-state index in [1.807, 2.05) is 24.4 Å². The van der Waals surface area contributed by atoms with Crippen LogP contribution >= 0.6 is 27.3 Å². The Balaban J connectivity index is 2.07. The van der Waals surface area contributed by atoms with Gasteiger partial charge in [-0.15, -0.1) is 11.3 Å². The van der Waals surface area contributed by atoms with Gasteiger partial charge in [0.05, 0.1) is 11.6 Å². The first-order valence-electron chi connectivity index (χ1n) is 5.11. The molecule has 2 aromatic heterocycles. The van der Waals surface area contributed by atoms with Crippen molar-refractivity contribution in [2.45, 2.75) is 13.0 Å². The number of halogens is 1. The number of rotatable bonds is 3. The van der Waals surface area contributed by atoms with Crippen molar-refractivity contribution in [2.75, 3.05) is 0 Å². The molecule has 0 unspecified atom stereocenters. The van der Waals surface area contributed by atoms with Crippen molar-refractivity contribution in [2.24, 2.45) is 0 Å². The largest absolute Gasteiger partial charge is 0.345 e. The summed E-state index contributed by atoms with van der Waals surface area (Å²) in [6.45, 7) is 1.97. The molecule has 0 fully saturated rings. The summed E-state index contributed by atoms with van der Waals surface area (Å²) in [7, 11) is 0. The van der Waals surface area contributed by atoms with Gasteiger partial charge in [-0.1, -0.05) is 6.07 Å². The van der Waals surface area contributed by atoms with Crippen molar-refractivity contribution in [3.63, 3.8) is 0 Å². The normalized spacial score (nSPS) is 12.1. The molecule has 3 nitrogen and oxygen atoms in total. The van der Waals surface area contributed by atoms with Crippen molar-refractivity contribution < 1.29 is 4.79 Å². The van der Waals surface area contributed by atoms with E-state index in [2.05, 4.69) is 26.2 Å². The van der Waals surface area contributed by atoms with Crippen molar-refractivity contribution in [3.05, 3.63) is 50.9 Å². The lowest BCUT2D eigenvalue weighted by Crippen LogP contribution is -2.26. The molecule has 0 spiro atoms. The highest BCUT2D eigenvalue weighted by Crippen LogP contribution is 2.19. The summed E-state index contributed by atoms with van der Waals surface area (Å²) in [5, 5.41) is 4.94. The van der Waals surface area contributed by atoms with Gasteiger partial charge in [-0.05, 0) is 40.4 Å². The molecule has 17 heavy (non-hydrogen) atoms. The fourth-order valence-electron chi connectivity index (χ4n) is 1.42. The number of hydrogen-bond acceptors (Lipinski definition) is 3. The van der Waals surface area contributed by atoms with Crippen LogP contribution in [-0.2, 0) is 0 Å². The highest BCUT2D eigenvalue weighted by molar-refractivity contribution is 9.10. The number of aromatic nitrogens is 1. The highest BCUT2D eigenvalue weighted by atomic mass is 79.9. The Morgan fingerprint density at radius 3 is 3.00 bits per heavy atom. The van der Waals surface area contributed by atoms with E-state index in [9.17, 15) is 4.79 Å². The topological polar surface area (TPSA) is 42.0 Å². The first-order valence-corrected chi connectivity index (χ1v) is 6.79. The number of carbonyl (C=O) groups is 1. The Labute approximate surface area is 112 Å². The van der Waals surface area contributed by atoms with Crippen molar-refractivity contribution in [1.82, 2.24) is 10.3 Å². The number of nitrogens with one attached hydrogen (secondary N) is 1. The Hall–Kier alpha value is -1.20. The molecular formula is C12H11BrN2OS. The number of nitrogens with zero attached hydrogens (tertiary/aromatic N) is 1. The van der Waals surface area contributed by atoms with Gasteiger partial charge in [0, 0.05) is 21.7 Å². The maximum absolute atomic E-state index is 11.9. The summed E-state index contributed by atoms with van der Waals surface area (Å²) >= 11 is 4.93. The second-order valence-electron chi connectivity index (χ2n) is 3.60. The molecule has 88 valence electrons. The van der Waals surface area contributed by atoms with Crippen LogP contribution in [0.4, 0.5) is 0 Å². The van der Waals surface area contributed by atoms with Gasteiger partial charge in [0.2, 0.25) is 0 Å². The number of thiophene rings is 1. The molecule has 2 heterocycles. The molecule has 0 aliphatic carbocycles. The van der Waals surface area contributed by atoms with Crippen LogP contribution in [-0.4, -0.2) is 10.9 Å². The minimum absolute atomic E-state index is 0.0153. The molecule has 1 N–H and O–H groups in total. The average molecular weight is 311 g/mol. The second kappa shape index (κ2) is 5.42. The number of pyridine rings is 1. The zero-order valence-corrected chi connectivity index (χ0v) is 11.6. The third-order valence-electron chi connectivity index (χ3n) is 2.28. The van der Waals surface area contributed by atoms with E-state index in [-0.39, 0.29) is 11.9 Å². The molecule has 0 aromatic carbocycles. The molecule has 0 saturated heterocycles. The summed E-state index contributed by atoms with van der Waals surface area (Å²) < 4.78 is 0.800. The Morgan fingerprint density at radius 1 is 1.53 bits per heavy atom. The summed E-state index contributed by atoms with van der Waals surface area (Å²) in [5.41, 5.74) is 0.558. The number of amides is 1. The molecule has 0 bridgehead atoms. The van der Waals surface area contributed by atoms with Gasteiger partial charge in [-0.25, -0.2) is 0 Å². The van der Waals surface area contributed by atoms with Crippen LogP contribution < -0.4 is 5.32 Å². The first-order chi connectivity index (χ1) is 8.16. The fourth-order valence-corrected chi connectivity index (χ4v) is 2.52. The van der Waals surface area contributed by atoms with Gasteiger partial charge in [0.15, 0.2) is 0 Å². The molecule has 0 radical (unpaired) electrons. The van der Waals surface area contributed by atoms with Crippen LogP contribution in [0.5, 0.6) is 0 Å². The van der Waals surface area contributed by atoms with E-state index < -0.39 is 0 Å². The van der Waals surface area contributed by atoms with Crippen LogP contribution in [0.25, 0.3) is 0 Å². The molecule has 0 aliphatic rings. The van der Waals surface area contributed by atoms with Crippen molar-refractivity contribution in [1.29, 1.82) is 0 Å². The summed E-state index contributed by atoms with van der Waals surface area (Å²) in [6.07, 6.45) is 3.21. The maximum Gasteiger partial charge on any atom is 0.253 e. The van der Waals surface area contributed by atoms with Crippen LogP contribution in [0, 0.1) is 0 Å². The van der Waals surface area contributed by atoms with Gasteiger partial charge in [-0.3, -0.25) is 9.78 Å². The summed E-state index contributed by atoms with van der Waals surface area (Å²) in [4.78, 5) is 17.0. The zero-order valence-electron chi connectivity index (χ0n) is 9.18. The van der Waals surface area contributed by atoms with Gasteiger partial charge in [0.1, 0.15) is 0 Å². The predicted molar refractivity (Wildman–Crippen MR) is 72.1 cm³/mol. The summed E-state index contributed by atoms with van der Waals surface area (Å²) in [5.74, 6) is -0.111. The van der Waals surface area contributed by atoms with Crippen LogP contribution in [0.3, 0.4) is 0 Å². The van der Waals surface area contributed by atoms with E-state index in [0.29, 0.717) is 5.56 Å². The molecule has 2 aromatic rings. The van der Waals surface area contributed by atoms with Gasteiger partial charge in [0.25, 0.3) is 5.91 Å². The third-order valence-corrected chi connectivity index (χ3v) is 3.77.